The molecule has 0 bridgehead atoms. The van der Waals surface area contributed by atoms with Crippen molar-refractivity contribution in [1.29, 1.82) is 0 Å². The van der Waals surface area contributed by atoms with Crippen molar-refractivity contribution in [3.63, 3.8) is 0 Å². The summed E-state index contributed by atoms with van der Waals surface area (Å²) < 4.78 is 4.97. The monoisotopic (exact) mass is 185 g/mol. The highest BCUT2D eigenvalue weighted by molar-refractivity contribution is 5.81. The molecule has 0 heterocycles. The van der Waals surface area contributed by atoms with Crippen LogP contribution in [0.5, 0.6) is 0 Å². The van der Waals surface area contributed by atoms with Crippen molar-refractivity contribution >= 4 is 5.97 Å². The average molecular weight is 185 g/mol. The fourth-order valence-corrected chi connectivity index (χ4v) is 1.23. The summed E-state index contributed by atoms with van der Waals surface area (Å²) in [6.45, 7) is 8.77. The average Bonchev–Trinajstić information content (AvgIpc) is 1.98. The Morgan fingerprint density at radius 1 is 1.54 bits per heavy atom. The molecule has 0 aromatic carbocycles. The number of carbonyl (C=O) groups excluding carboxylic acids is 1. The molecule has 0 rings (SSSR count). The smallest absolute Gasteiger partial charge is 0.330 e. The van der Waals surface area contributed by atoms with Gasteiger partial charge in [-0.25, -0.2) is 4.79 Å². The van der Waals surface area contributed by atoms with E-state index in [1.165, 1.54) is 6.08 Å². The van der Waals surface area contributed by atoms with Gasteiger partial charge < -0.3 is 9.64 Å². The van der Waals surface area contributed by atoms with Gasteiger partial charge in [0.15, 0.2) is 0 Å². The van der Waals surface area contributed by atoms with Crippen molar-refractivity contribution < 1.29 is 9.53 Å². The predicted molar refractivity (Wildman–Crippen MR) is 53.5 cm³/mol. The van der Waals surface area contributed by atoms with E-state index >= 15 is 0 Å². The first-order valence-corrected chi connectivity index (χ1v) is 4.31. The van der Waals surface area contributed by atoms with Gasteiger partial charge in [0.2, 0.25) is 0 Å². The summed E-state index contributed by atoms with van der Waals surface area (Å²) in [5, 5.41) is 0. The van der Waals surface area contributed by atoms with E-state index in [2.05, 4.69) is 25.3 Å². The summed E-state index contributed by atoms with van der Waals surface area (Å²) >= 11 is 0. The van der Waals surface area contributed by atoms with Crippen LogP contribution in [0.15, 0.2) is 12.7 Å². The lowest BCUT2D eigenvalue weighted by atomic mass is 9.94. The van der Waals surface area contributed by atoms with Crippen molar-refractivity contribution in [2.75, 3.05) is 27.2 Å². The molecule has 0 saturated carbocycles. The predicted octanol–water partition coefficient (Wildman–Crippen LogP) is 1.30. The van der Waals surface area contributed by atoms with Gasteiger partial charge in [-0.15, -0.1) is 0 Å². The molecule has 76 valence electrons. The molecule has 0 unspecified atom stereocenters. The van der Waals surface area contributed by atoms with E-state index in [0.29, 0.717) is 6.61 Å². The summed E-state index contributed by atoms with van der Waals surface area (Å²) in [6, 6.07) is 0. The number of esters is 1. The SMILES string of the molecule is C=CC(=O)OCC(C)(C)CN(C)C. The standard InChI is InChI=1S/C10H19NO2/c1-6-9(12)13-8-10(2,3)7-11(4)5/h6H,1,7-8H2,2-5H3. The second-order valence-corrected chi connectivity index (χ2v) is 4.21. The quantitative estimate of drug-likeness (QED) is 0.477. The lowest BCUT2D eigenvalue weighted by Gasteiger charge is -2.27. The molecule has 0 aliphatic carbocycles. The van der Waals surface area contributed by atoms with Crippen molar-refractivity contribution in [2.45, 2.75) is 13.8 Å². The Balaban J connectivity index is 3.88. The minimum atomic E-state index is -0.355. The molecule has 0 N–H and O–H groups in total. The molecule has 3 heteroatoms. The minimum absolute atomic E-state index is 0.0117. The van der Waals surface area contributed by atoms with Gasteiger partial charge in [-0.3, -0.25) is 0 Å². The Kier molecular flexibility index (Phi) is 4.70. The number of nitrogens with zero attached hydrogens (tertiary/aromatic N) is 1. The van der Waals surface area contributed by atoms with E-state index in [1.807, 2.05) is 14.1 Å². The van der Waals surface area contributed by atoms with E-state index in [9.17, 15) is 4.79 Å². The number of rotatable bonds is 5. The molecule has 0 aliphatic rings. The highest BCUT2D eigenvalue weighted by Gasteiger charge is 2.20. The van der Waals surface area contributed by atoms with Crippen molar-refractivity contribution in [2.24, 2.45) is 5.41 Å². The highest BCUT2D eigenvalue weighted by Crippen LogP contribution is 2.16. The largest absolute Gasteiger partial charge is 0.462 e. The van der Waals surface area contributed by atoms with Crippen molar-refractivity contribution in [3.05, 3.63) is 12.7 Å². The lowest BCUT2D eigenvalue weighted by molar-refractivity contribution is -0.140. The molecule has 0 aliphatic heterocycles. The first-order chi connectivity index (χ1) is 5.87. The first-order valence-electron chi connectivity index (χ1n) is 4.31. The third-order valence-corrected chi connectivity index (χ3v) is 1.52. The molecule has 13 heavy (non-hydrogen) atoms. The van der Waals surface area contributed by atoms with E-state index in [1.54, 1.807) is 0 Å². The Bertz CT molecular complexity index is 185. The minimum Gasteiger partial charge on any atom is -0.462 e. The normalized spacial score (nSPS) is 11.5. The van der Waals surface area contributed by atoms with Gasteiger partial charge >= 0.3 is 5.97 Å². The summed E-state index contributed by atoms with van der Waals surface area (Å²) in [6.07, 6.45) is 1.19. The summed E-state index contributed by atoms with van der Waals surface area (Å²) in [5.41, 5.74) is -0.0117. The molecule has 0 saturated heterocycles. The van der Waals surface area contributed by atoms with Gasteiger partial charge in [0.25, 0.3) is 0 Å². The summed E-state index contributed by atoms with van der Waals surface area (Å²) in [7, 11) is 3.99. The van der Waals surface area contributed by atoms with E-state index in [0.717, 1.165) is 6.54 Å². The van der Waals surface area contributed by atoms with E-state index in [-0.39, 0.29) is 11.4 Å². The molecular weight excluding hydrogens is 166 g/mol. The molecule has 0 spiro atoms. The summed E-state index contributed by atoms with van der Waals surface area (Å²) in [5.74, 6) is -0.355. The second kappa shape index (κ2) is 5.02. The van der Waals surface area contributed by atoms with Crippen LogP contribution in [-0.4, -0.2) is 38.1 Å². The Morgan fingerprint density at radius 2 is 2.08 bits per heavy atom. The van der Waals surface area contributed by atoms with Crippen LogP contribution in [0.1, 0.15) is 13.8 Å². The van der Waals surface area contributed by atoms with Crippen LogP contribution in [0.3, 0.4) is 0 Å². The van der Waals surface area contributed by atoms with Gasteiger partial charge in [0.1, 0.15) is 0 Å². The summed E-state index contributed by atoms with van der Waals surface area (Å²) in [4.78, 5) is 12.9. The van der Waals surface area contributed by atoms with Crippen LogP contribution >= 0.6 is 0 Å². The molecule has 0 fully saturated rings. The second-order valence-electron chi connectivity index (χ2n) is 4.21. The fraction of sp³-hybridized carbons (Fsp3) is 0.700. The number of carbonyl (C=O) groups is 1. The zero-order chi connectivity index (χ0) is 10.5. The van der Waals surface area contributed by atoms with Crippen LogP contribution in [0, 0.1) is 5.41 Å². The third kappa shape index (κ3) is 6.34. The van der Waals surface area contributed by atoms with Crippen LogP contribution in [0.4, 0.5) is 0 Å². The molecule has 3 nitrogen and oxygen atoms in total. The number of hydrogen-bond donors (Lipinski definition) is 0. The highest BCUT2D eigenvalue weighted by atomic mass is 16.5. The Labute approximate surface area is 80.4 Å². The van der Waals surface area contributed by atoms with Gasteiger partial charge in [-0.2, -0.15) is 0 Å². The molecular formula is C10H19NO2. The maximum Gasteiger partial charge on any atom is 0.330 e. The van der Waals surface area contributed by atoms with Crippen LogP contribution in [0.2, 0.25) is 0 Å². The van der Waals surface area contributed by atoms with E-state index < -0.39 is 0 Å². The zero-order valence-corrected chi connectivity index (χ0v) is 8.96. The maximum atomic E-state index is 10.8. The van der Waals surface area contributed by atoms with Gasteiger partial charge in [-0.1, -0.05) is 20.4 Å². The van der Waals surface area contributed by atoms with Crippen molar-refractivity contribution in [3.8, 4) is 0 Å². The lowest BCUT2D eigenvalue weighted by Crippen LogP contribution is -2.33. The van der Waals surface area contributed by atoms with Gasteiger partial charge in [0, 0.05) is 18.0 Å². The van der Waals surface area contributed by atoms with Crippen LogP contribution in [0.25, 0.3) is 0 Å². The topological polar surface area (TPSA) is 29.5 Å². The third-order valence-electron chi connectivity index (χ3n) is 1.52. The Hall–Kier alpha value is -0.830. The number of hydrogen-bond acceptors (Lipinski definition) is 3. The number of ether oxygens (including phenoxy) is 1. The maximum absolute atomic E-state index is 10.8. The van der Waals surface area contributed by atoms with E-state index in [4.69, 9.17) is 4.74 Å². The van der Waals surface area contributed by atoms with Crippen molar-refractivity contribution in [1.82, 2.24) is 4.90 Å². The van der Waals surface area contributed by atoms with Gasteiger partial charge in [-0.05, 0) is 14.1 Å². The molecule has 0 atom stereocenters. The first kappa shape index (κ1) is 12.2. The van der Waals surface area contributed by atoms with Crippen LogP contribution < -0.4 is 0 Å². The fourth-order valence-electron chi connectivity index (χ4n) is 1.23. The molecule has 0 amide bonds. The molecule has 0 aromatic heterocycles. The van der Waals surface area contributed by atoms with Crippen LogP contribution in [-0.2, 0) is 9.53 Å². The Morgan fingerprint density at radius 3 is 2.46 bits per heavy atom. The molecule has 0 radical (unpaired) electrons. The zero-order valence-electron chi connectivity index (χ0n) is 8.96. The molecule has 0 aromatic rings. The van der Waals surface area contributed by atoms with Gasteiger partial charge in [0.05, 0.1) is 6.61 Å².